The van der Waals surface area contributed by atoms with E-state index in [1.165, 1.54) is 12.3 Å². The number of rotatable bonds is 7. The standard InChI is InChI=1S/C20H20N4O3/c1-24(11-7-15-4-8-21-9-5-15)20(26)16-6-10-22-18(13-16)19(25)23-14-17-3-2-12-27-17/h2-6,8-10,12-13H,7,11,14H2,1H3,(H,23,25). The fourth-order valence-corrected chi connectivity index (χ4v) is 2.53. The summed E-state index contributed by atoms with van der Waals surface area (Å²) in [6.07, 6.45) is 7.19. The maximum absolute atomic E-state index is 12.6. The molecule has 0 saturated heterocycles. The summed E-state index contributed by atoms with van der Waals surface area (Å²) in [5, 5.41) is 2.72. The van der Waals surface area contributed by atoms with Crippen molar-refractivity contribution in [2.45, 2.75) is 13.0 Å². The predicted octanol–water partition coefficient (Wildman–Crippen LogP) is 2.31. The van der Waals surface area contributed by atoms with E-state index in [4.69, 9.17) is 4.42 Å². The summed E-state index contributed by atoms with van der Waals surface area (Å²) in [6.45, 7) is 0.822. The van der Waals surface area contributed by atoms with Crippen LogP contribution >= 0.6 is 0 Å². The molecule has 7 heteroatoms. The molecule has 3 aromatic heterocycles. The molecule has 27 heavy (non-hydrogen) atoms. The van der Waals surface area contributed by atoms with E-state index in [0.29, 0.717) is 17.9 Å². The van der Waals surface area contributed by atoms with Gasteiger partial charge in [0, 0.05) is 37.7 Å². The Morgan fingerprint density at radius 2 is 1.96 bits per heavy atom. The topological polar surface area (TPSA) is 88.3 Å². The summed E-state index contributed by atoms with van der Waals surface area (Å²) in [5.74, 6) is 0.124. The molecule has 0 aliphatic rings. The molecule has 0 atom stereocenters. The van der Waals surface area contributed by atoms with Crippen LogP contribution in [-0.2, 0) is 13.0 Å². The number of aromatic nitrogens is 2. The molecule has 0 unspecified atom stereocenters. The quantitative estimate of drug-likeness (QED) is 0.695. The third kappa shape index (κ3) is 5.01. The lowest BCUT2D eigenvalue weighted by Crippen LogP contribution is -2.29. The third-order valence-electron chi connectivity index (χ3n) is 4.07. The lowest BCUT2D eigenvalue weighted by Gasteiger charge is -2.17. The zero-order valence-corrected chi connectivity index (χ0v) is 15.0. The number of amides is 2. The highest BCUT2D eigenvalue weighted by Crippen LogP contribution is 2.08. The van der Waals surface area contributed by atoms with Crippen LogP contribution in [0.1, 0.15) is 32.2 Å². The number of nitrogens with zero attached hydrogens (tertiary/aromatic N) is 3. The Kier molecular flexibility index (Phi) is 5.94. The molecule has 0 saturated carbocycles. The van der Waals surface area contributed by atoms with Gasteiger partial charge in [-0.1, -0.05) is 0 Å². The summed E-state index contributed by atoms with van der Waals surface area (Å²) in [7, 11) is 1.74. The highest BCUT2D eigenvalue weighted by Gasteiger charge is 2.15. The van der Waals surface area contributed by atoms with Crippen LogP contribution < -0.4 is 5.32 Å². The van der Waals surface area contributed by atoms with Crippen molar-refractivity contribution in [2.75, 3.05) is 13.6 Å². The molecule has 0 fully saturated rings. The molecule has 0 radical (unpaired) electrons. The highest BCUT2D eigenvalue weighted by atomic mass is 16.3. The van der Waals surface area contributed by atoms with Gasteiger partial charge in [-0.2, -0.15) is 0 Å². The van der Waals surface area contributed by atoms with Crippen LogP contribution in [0.25, 0.3) is 0 Å². The Morgan fingerprint density at radius 1 is 1.15 bits per heavy atom. The minimum absolute atomic E-state index is 0.161. The number of pyridine rings is 2. The zero-order chi connectivity index (χ0) is 19.1. The Bertz CT molecular complexity index is 895. The van der Waals surface area contributed by atoms with E-state index in [2.05, 4.69) is 15.3 Å². The van der Waals surface area contributed by atoms with Gasteiger partial charge in [-0.25, -0.2) is 0 Å². The van der Waals surface area contributed by atoms with E-state index in [1.54, 1.807) is 48.8 Å². The molecule has 0 aromatic carbocycles. The fraction of sp³-hybridized carbons (Fsp3) is 0.200. The van der Waals surface area contributed by atoms with Crippen molar-refractivity contribution in [1.29, 1.82) is 0 Å². The van der Waals surface area contributed by atoms with Crippen LogP contribution in [0, 0.1) is 0 Å². The molecule has 0 aliphatic heterocycles. The third-order valence-corrected chi connectivity index (χ3v) is 4.07. The van der Waals surface area contributed by atoms with Gasteiger partial charge in [-0.15, -0.1) is 0 Å². The van der Waals surface area contributed by atoms with Gasteiger partial charge >= 0.3 is 0 Å². The van der Waals surface area contributed by atoms with Gasteiger partial charge in [0.05, 0.1) is 12.8 Å². The molecule has 0 aliphatic carbocycles. The molecule has 2 amide bonds. The summed E-state index contributed by atoms with van der Waals surface area (Å²) in [5.41, 5.74) is 1.72. The summed E-state index contributed by atoms with van der Waals surface area (Å²) >= 11 is 0. The molecule has 3 heterocycles. The Balaban J connectivity index is 1.59. The first-order valence-corrected chi connectivity index (χ1v) is 8.54. The van der Waals surface area contributed by atoms with Gasteiger partial charge in [-0.3, -0.25) is 19.6 Å². The van der Waals surface area contributed by atoms with Gasteiger partial charge in [0.15, 0.2) is 0 Å². The number of likely N-dealkylation sites (N-methyl/N-ethyl adjacent to an activating group) is 1. The van der Waals surface area contributed by atoms with Gasteiger partial charge in [0.25, 0.3) is 11.8 Å². The van der Waals surface area contributed by atoms with Crippen molar-refractivity contribution < 1.29 is 14.0 Å². The molecule has 0 spiro atoms. The first kappa shape index (κ1) is 18.3. The van der Waals surface area contributed by atoms with E-state index in [-0.39, 0.29) is 24.1 Å². The van der Waals surface area contributed by atoms with Crippen LogP contribution in [0.2, 0.25) is 0 Å². The number of carbonyl (C=O) groups excluding carboxylic acids is 2. The van der Waals surface area contributed by atoms with E-state index in [9.17, 15) is 9.59 Å². The summed E-state index contributed by atoms with van der Waals surface area (Å²) in [4.78, 5) is 34.5. The van der Waals surface area contributed by atoms with Gasteiger partial charge in [-0.05, 0) is 48.4 Å². The second-order valence-electron chi connectivity index (χ2n) is 6.02. The van der Waals surface area contributed by atoms with Gasteiger partial charge in [0.1, 0.15) is 11.5 Å². The van der Waals surface area contributed by atoms with E-state index >= 15 is 0 Å². The minimum Gasteiger partial charge on any atom is -0.467 e. The van der Waals surface area contributed by atoms with Crippen molar-refractivity contribution in [2.24, 2.45) is 0 Å². The van der Waals surface area contributed by atoms with Gasteiger partial charge < -0.3 is 14.6 Å². The van der Waals surface area contributed by atoms with E-state index in [1.807, 2.05) is 12.1 Å². The average molecular weight is 364 g/mol. The predicted molar refractivity (Wildman–Crippen MR) is 99.0 cm³/mol. The average Bonchev–Trinajstić information content (AvgIpc) is 3.24. The van der Waals surface area contributed by atoms with Gasteiger partial charge in [0.2, 0.25) is 0 Å². The van der Waals surface area contributed by atoms with Crippen LogP contribution in [0.4, 0.5) is 0 Å². The number of hydrogen-bond donors (Lipinski definition) is 1. The molecular formula is C20H20N4O3. The Morgan fingerprint density at radius 3 is 2.70 bits per heavy atom. The van der Waals surface area contributed by atoms with Crippen LogP contribution in [0.5, 0.6) is 0 Å². The first-order valence-electron chi connectivity index (χ1n) is 8.54. The molecule has 7 nitrogen and oxygen atoms in total. The Labute approximate surface area is 157 Å². The molecule has 138 valence electrons. The lowest BCUT2D eigenvalue weighted by atomic mass is 10.1. The lowest BCUT2D eigenvalue weighted by molar-refractivity contribution is 0.0796. The van der Waals surface area contributed by atoms with Crippen LogP contribution in [0.3, 0.4) is 0 Å². The van der Waals surface area contributed by atoms with Crippen molar-refractivity contribution in [3.63, 3.8) is 0 Å². The van der Waals surface area contributed by atoms with Crippen molar-refractivity contribution in [3.05, 3.63) is 83.8 Å². The summed E-state index contributed by atoms with van der Waals surface area (Å²) in [6, 6.07) is 10.5. The Hall–Kier alpha value is -3.48. The molecule has 3 aromatic rings. The molecule has 3 rings (SSSR count). The number of carbonyl (C=O) groups is 2. The first-order chi connectivity index (χ1) is 13.1. The maximum atomic E-state index is 12.6. The number of hydrogen-bond acceptors (Lipinski definition) is 5. The maximum Gasteiger partial charge on any atom is 0.270 e. The number of furan rings is 1. The monoisotopic (exact) mass is 364 g/mol. The zero-order valence-electron chi connectivity index (χ0n) is 15.0. The normalized spacial score (nSPS) is 10.4. The van der Waals surface area contributed by atoms with Crippen LogP contribution in [-0.4, -0.2) is 40.3 Å². The van der Waals surface area contributed by atoms with E-state index in [0.717, 1.165) is 12.0 Å². The molecule has 0 bridgehead atoms. The molecule has 1 N–H and O–H groups in total. The fourth-order valence-electron chi connectivity index (χ4n) is 2.53. The minimum atomic E-state index is -0.361. The van der Waals surface area contributed by atoms with Crippen molar-refractivity contribution in [3.8, 4) is 0 Å². The van der Waals surface area contributed by atoms with E-state index < -0.39 is 0 Å². The van der Waals surface area contributed by atoms with Crippen molar-refractivity contribution >= 4 is 11.8 Å². The molecular weight excluding hydrogens is 344 g/mol. The van der Waals surface area contributed by atoms with Crippen LogP contribution in [0.15, 0.2) is 65.7 Å². The number of nitrogens with one attached hydrogen (secondary N) is 1. The second-order valence-corrected chi connectivity index (χ2v) is 6.02. The highest BCUT2D eigenvalue weighted by molar-refractivity contribution is 5.98. The summed E-state index contributed by atoms with van der Waals surface area (Å²) < 4.78 is 5.18. The van der Waals surface area contributed by atoms with Crippen molar-refractivity contribution in [1.82, 2.24) is 20.2 Å². The SMILES string of the molecule is CN(CCc1ccncc1)C(=O)c1ccnc(C(=O)NCc2ccco2)c1. The smallest absolute Gasteiger partial charge is 0.270 e. The largest absolute Gasteiger partial charge is 0.467 e. The second kappa shape index (κ2) is 8.75.